The summed E-state index contributed by atoms with van der Waals surface area (Å²) in [7, 11) is 0. The van der Waals surface area contributed by atoms with Crippen molar-refractivity contribution in [1.29, 1.82) is 0 Å². The molecule has 0 unspecified atom stereocenters. The minimum Gasteiger partial charge on any atom is -0.296 e. The molecule has 2 nitrogen and oxygen atoms in total. The van der Waals surface area contributed by atoms with Crippen LogP contribution in [0.25, 0.3) is 0 Å². The van der Waals surface area contributed by atoms with Crippen molar-refractivity contribution in [2.75, 3.05) is 6.54 Å². The number of halogens is 1. The predicted octanol–water partition coefficient (Wildman–Crippen LogP) is 3.36. The fourth-order valence-electron chi connectivity index (χ4n) is 1.99. The molecule has 0 amide bonds. The fourth-order valence-corrected chi connectivity index (χ4v) is 2.10. The van der Waals surface area contributed by atoms with Gasteiger partial charge in [0.05, 0.1) is 0 Å². The lowest BCUT2D eigenvalue weighted by molar-refractivity contribution is 0.226. The Hall–Kier alpha value is -0.600. The molecule has 1 aliphatic carbocycles. The van der Waals surface area contributed by atoms with Crippen molar-refractivity contribution in [2.24, 2.45) is 5.92 Å². The van der Waals surface area contributed by atoms with Gasteiger partial charge in [-0.2, -0.15) is 0 Å². The van der Waals surface area contributed by atoms with Crippen LogP contribution in [0.1, 0.15) is 32.3 Å². The second-order valence-electron chi connectivity index (χ2n) is 5.04. The number of rotatable bonds is 5. The summed E-state index contributed by atoms with van der Waals surface area (Å²) in [6.07, 6.45) is 4.60. The van der Waals surface area contributed by atoms with Gasteiger partial charge < -0.3 is 0 Å². The van der Waals surface area contributed by atoms with E-state index in [-0.39, 0.29) is 0 Å². The summed E-state index contributed by atoms with van der Waals surface area (Å²) < 4.78 is 0. The molecule has 1 heterocycles. The molecule has 1 saturated carbocycles. The zero-order valence-corrected chi connectivity index (χ0v) is 10.7. The molecule has 0 saturated heterocycles. The molecule has 0 bridgehead atoms. The molecule has 0 N–H and O–H groups in total. The minimum absolute atomic E-state index is 0.575. The number of hydrogen-bond donors (Lipinski definition) is 0. The normalized spacial score (nSPS) is 16.1. The van der Waals surface area contributed by atoms with Gasteiger partial charge in [-0.15, -0.1) is 0 Å². The van der Waals surface area contributed by atoms with Crippen LogP contribution < -0.4 is 0 Å². The first-order valence-electron chi connectivity index (χ1n) is 5.99. The SMILES string of the molecule is CC(C)CN(Cc1ccc(Cl)nc1)C1CC1. The van der Waals surface area contributed by atoms with E-state index in [2.05, 4.69) is 29.8 Å². The Morgan fingerprint density at radius 1 is 1.44 bits per heavy atom. The maximum atomic E-state index is 5.78. The molecule has 0 aliphatic heterocycles. The molecule has 0 radical (unpaired) electrons. The molecule has 0 spiro atoms. The maximum absolute atomic E-state index is 5.78. The van der Waals surface area contributed by atoms with Gasteiger partial charge in [0.2, 0.25) is 0 Å². The van der Waals surface area contributed by atoms with Crippen LogP contribution in [0.2, 0.25) is 5.15 Å². The Kier molecular flexibility index (Phi) is 3.82. The molecule has 1 aromatic heterocycles. The van der Waals surface area contributed by atoms with Crippen LogP contribution in [-0.2, 0) is 6.54 Å². The Balaban J connectivity index is 1.96. The largest absolute Gasteiger partial charge is 0.296 e. The maximum Gasteiger partial charge on any atom is 0.129 e. The van der Waals surface area contributed by atoms with Crippen LogP contribution in [0.15, 0.2) is 18.3 Å². The Morgan fingerprint density at radius 3 is 2.69 bits per heavy atom. The van der Waals surface area contributed by atoms with Gasteiger partial charge in [-0.3, -0.25) is 4.90 Å². The lowest BCUT2D eigenvalue weighted by atomic mass is 10.2. The molecule has 1 aliphatic rings. The van der Waals surface area contributed by atoms with Crippen LogP contribution >= 0.6 is 11.6 Å². The number of nitrogens with zero attached hydrogens (tertiary/aromatic N) is 2. The van der Waals surface area contributed by atoms with Crippen molar-refractivity contribution in [3.63, 3.8) is 0 Å². The van der Waals surface area contributed by atoms with Gasteiger partial charge in [0.25, 0.3) is 0 Å². The van der Waals surface area contributed by atoms with Crippen LogP contribution in [0.5, 0.6) is 0 Å². The third-order valence-electron chi connectivity index (χ3n) is 2.84. The number of aromatic nitrogens is 1. The van der Waals surface area contributed by atoms with Gasteiger partial charge in [0, 0.05) is 25.3 Å². The third-order valence-corrected chi connectivity index (χ3v) is 3.06. The molecule has 1 fully saturated rings. The van der Waals surface area contributed by atoms with E-state index in [9.17, 15) is 0 Å². The number of pyridine rings is 1. The zero-order valence-electron chi connectivity index (χ0n) is 9.99. The third kappa shape index (κ3) is 3.46. The Bertz CT molecular complexity index is 330. The molecule has 0 aromatic carbocycles. The van der Waals surface area contributed by atoms with Crippen molar-refractivity contribution in [3.05, 3.63) is 29.0 Å². The Morgan fingerprint density at radius 2 is 2.19 bits per heavy atom. The van der Waals surface area contributed by atoms with Crippen molar-refractivity contribution in [3.8, 4) is 0 Å². The van der Waals surface area contributed by atoms with E-state index in [0.29, 0.717) is 5.15 Å². The van der Waals surface area contributed by atoms with E-state index in [1.807, 2.05) is 12.3 Å². The molecule has 0 atom stereocenters. The minimum atomic E-state index is 0.575. The summed E-state index contributed by atoms with van der Waals surface area (Å²) in [5, 5.41) is 0.575. The zero-order chi connectivity index (χ0) is 11.5. The fraction of sp³-hybridized carbons (Fsp3) is 0.615. The van der Waals surface area contributed by atoms with Crippen LogP contribution in [0.3, 0.4) is 0 Å². The molecule has 1 aromatic rings. The molecule has 3 heteroatoms. The summed E-state index contributed by atoms with van der Waals surface area (Å²) in [6, 6.07) is 4.75. The van der Waals surface area contributed by atoms with Gasteiger partial charge in [-0.25, -0.2) is 4.98 Å². The monoisotopic (exact) mass is 238 g/mol. The quantitative estimate of drug-likeness (QED) is 0.732. The standard InChI is InChI=1S/C13H19ClN2/c1-10(2)8-16(12-4-5-12)9-11-3-6-13(14)15-7-11/h3,6-7,10,12H,4-5,8-9H2,1-2H3. The summed E-state index contributed by atoms with van der Waals surface area (Å²) >= 11 is 5.78. The summed E-state index contributed by atoms with van der Waals surface area (Å²) in [5.41, 5.74) is 1.26. The molecule has 88 valence electrons. The number of hydrogen-bond acceptors (Lipinski definition) is 2. The highest BCUT2D eigenvalue weighted by molar-refractivity contribution is 6.29. The van der Waals surface area contributed by atoms with Gasteiger partial charge in [0.15, 0.2) is 0 Å². The predicted molar refractivity (Wildman–Crippen MR) is 67.5 cm³/mol. The summed E-state index contributed by atoms with van der Waals surface area (Å²) in [5.74, 6) is 0.723. The van der Waals surface area contributed by atoms with Crippen LogP contribution in [0.4, 0.5) is 0 Å². The van der Waals surface area contributed by atoms with Crippen molar-refractivity contribution in [1.82, 2.24) is 9.88 Å². The highest BCUT2D eigenvalue weighted by atomic mass is 35.5. The average Bonchev–Trinajstić information content (AvgIpc) is 3.03. The van der Waals surface area contributed by atoms with E-state index in [1.165, 1.54) is 24.9 Å². The van der Waals surface area contributed by atoms with Crippen molar-refractivity contribution in [2.45, 2.75) is 39.3 Å². The van der Waals surface area contributed by atoms with E-state index in [1.54, 1.807) is 0 Å². The lowest BCUT2D eigenvalue weighted by Gasteiger charge is -2.23. The summed E-state index contributed by atoms with van der Waals surface area (Å²) in [6.45, 7) is 6.73. The summed E-state index contributed by atoms with van der Waals surface area (Å²) in [4.78, 5) is 6.69. The van der Waals surface area contributed by atoms with Crippen LogP contribution in [0, 0.1) is 5.92 Å². The van der Waals surface area contributed by atoms with E-state index in [0.717, 1.165) is 18.5 Å². The second kappa shape index (κ2) is 5.15. The highest BCUT2D eigenvalue weighted by Gasteiger charge is 2.29. The van der Waals surface area contributed by atoms with Gasteiger partial charge in [-0.1, -0.05) is 31.5 Å². The highest BCUT2D eigenvalue weighted by Crippen LogP contribution is 2.28. The average molecular weight is 239 g/mol. The van der Waals surface area contributed by atoms with Crippen LogP contribution in [-0.4, -0.2) is 22.5 Å². The van der Waals surface area contributed by atoms with E-state index < -0.39 is 0 Å². The first-order valence-corrected chi connectivity index (χ1v) is 6.37. The molecular weight excluding hydrogens is 220 g/mol. The van der Waals surface area contributed by atoms with Crippen molar-refractivity contribution < 1.29 is 0 Å². The lowest BCUT2D eigenvalue weighted by Crippen LogP contribution is -2.29. The first kappa shape index (κ1) is 11.9. The molecule has 2 rings (SSSR count). The van der Waals surface area contributed by atoms with E-state index in [4.69, 9.17) is 11.6 Å². The topological polar surface area (TPSA) is 16.1 Å². The van der Waals surface area contributed by atoms with Gasteiger partial charge >= 0.3 is 0 Å². The van der Waals surface area contributed by atoms with Crippen molar-refractivity contribution >= 4 is 11.6 Å². The Labute approximate surface area is 103 Å². The smallest absolute Gasteiger partial charge is 0.129 e. The van der Waals surface area contributed by atoms with E-state index >= 15 is 0 Å². The second-order valence-corrected chi connectivity index (χ2v) is 5.43. The van der Waals surface area contributed by atoms with Gasteiger partial charge in [0.1, 0.15) is 5.15 Å². The first-order chi connectivity index (χ1) is 7.65. The van der Waals surface area contributed by atoms with Gasteiger partial charge in [-0.05, 0) is 30.4 Å². The molecule has 16 heavy (non-hydrogen) atoms. The molecular formula is C13H19ClN2.